The normalized spacial score (nSPS) is 11.6. The van der Waals surface area contributed by atoms with Gasteiger partial charge in [0.25, 0.3) is 0 Å². The molecule has 0 aromatic heterocycles. The van der Waals surface area contributed by atoms with E-state index in [1.165, 1.54) is 18.2 Å². The maximum absolute atomic E-state index is 11.5. The van der Waals surface area contributed by atoms with E-state index in [0.717, 1.165) is 0 Å². The molecule has 0 saturated carbocycles. The molecule has 1 aromatic carbocycles. The third-order valence-electron chi connectivity index (χ3n) is 2.57. The fourth-order valence-electron chi connectivity index (χ4n) is 1.53. The number of carboxylic acids is 2. The molecule has 0 aliphatic rings. The molecule has 0 bridgehead atoms. The van der Waals surface area contributed by atoms with Gasteiger partial charge in [-0.05, 0) is 24.1 Å². The first-order valence-electron chi connectivity index (χ1n) is 5.94. The van der Waals surface area contributed by atoms with E-state index in [1.54, 1.807) is 0 Å². The van der Waals surface area contributed by atoms with Crippen LogP contribution in [0.5, 0.6) is 11.5 Å². The number of phenols is 2. The number of phenolic OH excluding ortho intramolecular Hbond substituents is 2. The Balaban J connectivity index is 2.54. The van der Waals surface area contributed by atoms with Crippen LogP contribution in [-0.4, -0.2) is 44.4 Å². The van der Waals surface area contributed by atoms with E-state index in [0.29, 0.717) is 5.56 Å². The molecule has 4 N–H and O–H groups in total. The second kappa shape index (κ2) is 7.13. The monoisotopic (exact) mass is 298 g/mol. The molecule has 0 amide bonds. The molecule has 8 heteroatoms. The fraction of sp³-hybridized carbons (Fsp3) is 0.308. The van der Waals surface area contributed by atoms with Crippen molar-refractivity contribution in [3.05, 3.63) is 23.8 Å². The van der Waals surface area contributed by atoms with Crippen LogP contribution in [0.25, 0.3) is 0 Å². The molecule has 0 radical (unpaired) electrons. The molecule has 114 valence electrons. The van der Waals surface area contributed by atoms with Crippen molar-refractivity contribution in [3.8, 4) is 11.5 Å². The van der Waals surface area contributed by atoms with E-state index in [-0.39, 0.29) is 24.3 Å². The van der Waals surface area contributed by atoms with Crippen molar-refractivity contribution in [2.75, 3.05) is 0 Å². The summed E-state index contributed by atoms with van der Waals surface area (Å²) in [4.78, 5) is 32.6. The second-order valence-electron chi connectivity index (χ2n) is 4.24. The van der Waals surface area contributed by atoms with Gasteiger partial charge in [0.15, 0.2) is 11.5 Å². The quantitative estimate of drug-likeness (QED) is 0.421. The molecule has 1 rings (SSSR count). The van der Waals surface area contributed by atoms with E-state index >= 15 is 0 Å². The summed E-state index contributed by atoms with van der Waals surface area (Å²) < 4.78 is 4.57. The van der Waals surface area contributed by atoms with Crippen molar-refractivity contribution in [1.29, 1.82) is 0 Å². The van der Waals surface area contributed by atoms with Crippen LogP contribution in [-0.2, 0) is 25.5 Å². The van der Waals surface area contributed by atoms with Gasteiger partial charge in [-0.15, -0.1) is 0 Å². The van der Waals surface area contributed by atoms with Crippen LogP contribution in [0, 0.1) is 0 Å². The van der Waals surface area contributed by atoms with Gasteiger partial charge >= 0.3 is 17.9 Å². The Kier molecular flexibility index (Phi) is 5.53. The van der Waals surface area contributed by atoms with Crippen LogP contribution in [0.4, 0.5) is 0 Å². The van der Waals surface area contributed by atoms with Crippen LogP contribution in [0.15, 0.2) is 18.2 Å². The lowest BCUT2D eigenvalue weighted by Crippen LogP contribution is -2.29. The highest BCUT2D eigenvalue weighted by Crippen LogP contribution is 2.25. The molecule has 0 saturated heterocycles. The molecular formula is C13H14O8. The Morgan fingerprint density at radius 2 is 1.76 bits per heavy atom. The third kappa shape index (κ3) is 5.39. The molecule has 0 spiro atoms. The maximum atomic E-state index is 11.5. The standard InChI is InChI=1S/C13H14O8/c14-8-3-1-7(5-9(8)15)2-4-12(18)21-10(13(19)20)6-11(16)17/h1,3,5,10,14-15H,2,4,6H2,(H,16,17)(H,19,20). The number of aromatic hydroxyl groups is 2. The highest BCUT2D eigenvalue weighted by Gasteiger charge is 2.25. The minimum absolute atomic E-state index is 0.145. The van der Waals surface area contributed by atoms with Crippen LogP contribution in [0.3, 0.4) is 0 Å². The third-order valence-corrected chi connectivity index (χ3v) is 2.57. The van der Waals surface area contributed by atoms with Gasteiger partial charge in [-0.25, -0.2) is 4.79 Å². The summed E-state index contributed by atoms with van der Waals surface area (Å²) in [7, 11) is 0. The smallest absolute Gasteiger partial charge is 0.345 e. The average Bonchev–Trinajstić information content (AvgIpc) is 2.38. The minimum Gasteiger partial charge on any atom is -0.504 e. The van der Waals surface area contributed by atoms with E-state index in [1.807, 2.05) is 0 Å². The number of ether oxygens (including phenoxy) is 1. The van der Waals surface area contributed by atoms with Crippen molar-refractivity contribution in [3.63, 3.8) is 0 Å². The molecule has 0 aliphatic carbocycles. The number of aryl methyl sites for hydroxylation is 1. The van der Waals surface area contributed by atoms with Crippen molar-refractivity contribution >= 4 is 17.9 Å². The van der Waals surface area contributed by atoms with E-state index in [2.05, 4.69) is 4.74 Å². The lowest BCUT2D eigenvalue weighted by molar-refractivity contribution is -0.167. The lowest BCUT2D eigenvalue weighted by atomic mass is 10.1. The largest absolute Gasteiger partial charge is 0.504 e. The first-order chi connectivity index (χ1) is 9.79. The summed E-state index contributed by atoms with van der Waals surface area (Å²) >= 11 is 0. The summed E-state index contributed by atoms with van der Waals surface area (Å²) in [5.41, 5.74) is 0.535. The first-order valence-corrected chi connectivity index (χ1v) is 5.94. The van der Waals surface area contributed by atoms with E-state index in [4.69, 9.17) is 15.3 Å². The Hall–Kier alpha value is -2.77. The van der Waals surface area contributed by atoms with Gasteiger partial charge < -0.3 is 25.2 Å². The number of hydrogen-bond donors (Lipinski definition) is 4. The number of aliphatic carboxylic acids is 2. The van der Waals surface area contributed by atoms with Crippen LogP contribution >= 0.6 is 0 Å². The molecular weight excluding hydrogens is 284 g/mol. The number of carbonyl (C=O) groups is 3. The van der Waals surface area contributed by atoms with Gasteiger partial charge in [0.1, 0.15) is 0 Å². The predicted molar refractivity (Wildman–Crippen MR) is 67.9 cm³/mol. The zero-order valence-corrected chi connectivity index (χ0v) is 10.9. The van der Waals surface area contributed by atoms with Crippen molar-refractivity contribution in [2.24, 2.45) is 0 Å². The van der Waals surface area contributed by atoms with Crippen molar-refractivity contribution < 1.29 is 39.5 Å². The zero-order chi connectivity index (χ0) is 16.0. The molecule has 0 aliphatic heterocycles. The zero-order valence-electron chi connectivity index (χ0n) is 10.9. The Morgan fingerprint density at radius 1 is 1.10 bits per heavy atom. The van der Waals surface area contributed by atoms with Crippen molar-refractivity contribution in [1.82, 2.24) is 0 Å². The number of benzene rings is 1. The number of carboxylic acid groups (broad SMARTS) is 2. The van der Waals surface area contributed by atoms with Crippen molar-refractivity contribution in [2.45, 2.75) is 25.4 Å². The second-order valence-corrected chi connectivity index (χ2v) is 4.24. The summed E-state index contributed by atoms with van der Waals surface area (Å²) in [6, 6.07) is 3.99. The van der Waals surface area contributed by atoms with Gasteiger partial charge in [-0.3, -0.25) is 9.59 Å². The van der Waals surface area contributed by atoms with E-state index in [9.17, 15) is 19.5 Å². The van der Waals surface area contributed by atoms with Gasteiger partial charge in [-0.2, -0.15) is 0 Å². The highest BCUT2D eigenvalue weighted by atomic mass is 16.6. The Bertz CT molecular complexity index is 551. The minimum atomic E-state index is -1.73. The Labute approximate surface area is 119 Å². The molecule has 0 heterocycles. The molecule has 1 atom stereocenters. The topological polar surface area (TPSA) is 141 Å². The molecule has 0 fully saturated rings. The lowest BCUT2D eigenvalue weighted by Gasteiger charge is -2.11. The van der Waals surface area contributed by atoms with Gasteiger partial charge in [0, 0.05) is 6.42 Å². The summed E-state index contributed by atoms with van der Waals surface area (Å²) in [5.74, 6) is -4.42. The molecule has 1 aromatic rings. The van der Waals surface area contributed by atoms with Crippen LogP contribution in [0.2, 0.25) is 0 Å². The van der Waals surface area contributed by atoms with Gasteiger partial charge in [-0.1, -0.05) is 6.07 Å². The van der Waals surface area contributed by atoms with Gasteiger partial charge in [0.2, 0.25) is 6.10 Å². The number of rotatable bonds is 7. The van der Waals surface area contributed by atoms with E-state index < -0.39 is 30.4 Å². The maximum Gasteiger partial charge on any atom is 0.345 e. The molecule has 21 heavy (non-hydrogen) atoms. The predicted octanol–water partition coefficient (Wildman–Crippen LogP) is 0.501. The molecule has 8 nitrogen and oxygen atoms in total. The summed E-state index contributed by atoms with van der Waals surface area (Å²) in [5, 5.41) is 35.6. The van der Waals surface area contributed by atoms with Crippen LogP contribution in [0.1, 0.15) is 18.4 Å². The Morgan fingerprint density at radius 3 is 2.29 bits per heavy atom. The average molecular weight is 298 g/mol. The summed E-state index contributed by atoms with van der Waals surface area (Å²) in [6.45, 7) is 0. The molecule has 1 unspecified atom stereocenters. The number of esters is 1. The summed E-state index contributed by atoms with van der Waals surface area (Å²) in [6.07, 6.45) is -2.59. The van der Waals surface area contributed by atoms with Gasteiger partial charge in [0.05, 0.1) is 6.42 Å². The van der Waals surface area contributed by atoms with Crippen LogP contribution < -0.4 is 0 Å². The number of hydrogen-bond acceptors (Lipinski definition) is 6. The SMILES string of the molecule is O=C(O)CC(OC(=O)CCc1ccc(O)c(O)c1)C(=O)O. The fourth-order valence-corrected chi connectivity index (χ4v) is 1.53. The number of carbonyl (C=O) groups excluding carboxylic acids is 1. The highest BCUT2D eigenvalue weighted by molar-refractivity contribution is 5.82. The first kappa shape index (κ1) is 16.3.